The molecule has 0 radical (unpaired) electrons. The molecule has 1 unspecified atom stereocenters. The third-order valence-corrected chi connectivity index (χ3v) is 3.30. The Kier molecular flexibility index (Phi) is 6.12. The molecular weight excluding hydrogens is 280 g/mol. The van der Waals surface area contributed by atoms with Crippen molar-refractivity contribution in [1.29, 1.82) is 0 Å². The van der Waals surface area contributed by atoms with Crippen molar-refractivity contribution in [3.05, 3.63) is 48.3 Å². The zero-order chi connectivity index (χ0) is 15.8. The Morgan fingerprint density at radius 2 is 2.18 bits per heavy atom. The number of aromatic nitrogens is 2. The maximum Gasteiger partial charge on any atom is 0.234 e. The molecule has 0 saturated heterocycles. The summed E-state index contributed by atoms with van der Waals surface area (Å²) in [5.41, 5.74) is 1.99. The SMILES string of the molecule is COCCNCC(=O)NC(C)c1ccccc1-n1cccn1. The lowest BCUT2D eigenvalue weighted by atomic mass is 10.1. The predicted molar refractivity (Wildman–Crippen MR) is 84.9 cm³/mol. The number of rotatable bonds is 8. The van der Waals surface area contributed by atoms with Gasteiger partial charge >= 0.3 is 0 Å². The number of nitrogens with one attached hydrogen (secondary N) is 2. The molecule has 118 valence electrons. The smallest absolute Gasteiger partial charge is 0.234 e. The summed E-state index contributed by atoms with van der Waals surface area (Å²) >= 11 is 0. The minimum atomic E-state index is -0.0999. The summed E-state index contributed by atoms with van der Waals surface area (Å²) in [6, 6.07) is 9.68. The van der Waals surface area contributed by atoms with E-state index in [1.165, 1.54) is 0 Å². The number of carbonyl (C=O) groups is 1. The highest BCUT2D eigenvalue weighted by atomic mass is 16.5. The molecule has 2 N–H and O–H groups in total. The number of methoxy groups -OCH3 is 1. The fraction of sp³-hybridized carbons (Fsp3) is 0.375. The molecule has 2 aromatic rings. The molecule has 1 amide bonds. The van der Waals surface area contributed by atoms with Crippen LogP contribution in [0.1, 0.15) is 18.5 Å². The molecule has 1 aromatic carbocycles. The van der Waals surface area contributed by atoms with Crippen LogP contribution >= 0.6 is 0 Å². The predicted octanol–water partition coefficient (Wildman–Crippen LogP) is 1.29. The van der Waals surface area contributed by atoms with Crippen molar-refractivity contribution in [2.45, 2.75) is 13.0 Å². The summed E-state index contributed by atoms with van der Waals surface area (Å²) in [6.45, 7) is 3.49. The van der Waals surface area contributed by atoms with Crippen LogP contribution in [0.15, 0.2) is 42.7 Å². The zero-order valence-electron chi connectivity index (χ0n) is 13.0. The molecule has 0 bridgehead atoms. The molecular formula is C16H22N4O2. The third kappa shape index (κ3) is 4.41. The topological polar surface area (TPSA) is 68.2 Å². The normalized spacial score (nSPS) is 12.1. The molecule has 1 heterocycles. The Morgan fingerprint density at radius 3 is 2.91 bits per heavy atom. The number of nitrogens with zero attached hydrogens (tertiary/aromatic N) is 2. The zero-order valence-corrected chi connectivity index (χ0v) is 13.0. The van der Waals surface area contributed by atoms with Gasteiger partial charge in [-0.25, -0.2) is 4.68 Å². The second kappa shape index (κ2) is 8.31. The highest BCUT2D eigenvalue weighted by Gasteiger charge is 2.13. The van der Waals surface area contributed by atoms with E-state index < -0.39 is 0 Å². The van der Waals surface area contributed by atoms with Gasteiger partial charge in [0.15, 0.2) is 0 Å². The molecule has 6 nitrogen and oxygen atoms in total. The van der Waals surface area contributed by atoms with Crippen molar-refractivity contribution < 1.29 is 9.53 Å². The molecule has 6 heteroatoms. The highest BCUT2D eigenvalue weighted by Crippen LogP contribution is 2.20. The Hall–Kier alpha value is -2.18. The van der Waals surface area contributed by atoms with Gasteiger partial charge in [0, 0.05) is 26.0 Å². The molecule has 0 aliphatic heterocycles. The van der Waals surface area contributed by atoms with Crippen molar-refractivity contribution in [2.24, 2.45) is 0 Å². The van der Waals surface area contributed by atoms with Gasteiger partial charge in [0.2, 0.25) is 5.91 Å². The maximum absolute atomic E-state index is 12.0. The van der Waals surface area contributed by atoms with E-state index >= 15 is 0 Å². The van der Waals surface area contributed by atoms with Gasteiger partial charge in [-0.2, -0.15) is 5.10 Å². The second-order valence-corrected chi connectivity index (χ2v) is 4.97. The minimum Gasteiger partial charge on any atom is -0.383 e. The summed E-state index contributed by atoms with van der Waals surface area (Å²) in [7, 11) is 1.63. The maximum atomic E-state index is 12.0. The first-order valence-electron chi connectivity index (χ1n) is 7.30. The van der Waals surface area contributed by atoms with Gasteiger partial charge < -0.3 is 15.4 Å². The van der Waals surface area contributed by atoms with E-state index in [9.17, 15) is 4.79 Å². The van der Waals surface area contributed by atoms with Crippen LogP contribution in [0.2, 0.25) is 0 Å². The average molecular weight is 302 g/mol. The Morgan fingerprint density at radius 1 is 1.36 bits per heavy atom. The summed E-state index contributed by atoms with van der Waals surface area (Å²) in [5, 5.41) is 10.3. The van der Waals surface area contributed by atoms with Crippen molar-refractivity contribution in [2.75, 3.05) is 26.8 Å². The quantitative estimate of drug-likeness (QED) is 0.721. The number of para-hydroxylation sites is 1. The lowest BCUT2D eigenvalue weighted by Crippen LogP contribution is -2.36. The van der Waals surface area contributed by atoms with Crippen LogP contribution in [0.4, 0.5) is 0 Å². The molecule has 0 spiro atoms. The molecule has 0 saturated carbocycles. The van der Waals surface area contributed by atoms with Crippen molar-refractivity contribution >= 4 is 5.91 Å². The van der Waals surface area contributed by atoms with Crippen LogP contribution < -0.4 is 10.6 Å². The molecule has 1 atom stereocenters. The molecule has 2 rings (SSSR count). The van der Waals surface area contributed by atoms with Gasteiger partial charge in [0.05, 0.1) is 24.9 Å². The van der Waals surface area contributed by atoms with Crippen LogP contribution in [0.5, 0.6) is 0 Å². The van der Waals surface area contributed by atoms with Gasteiger partial charge in [-0.3, -0.25) is 4.79 Å². The first kappa shape index (κ1) is 16.2. The highest BCUT2D eigenvalue weighted by molar-refractivity contribution is 5.78. The van der Waals surface area contributed by atoms with Crippen LogP contribution in [0, 0.1) is 0 Å². The van der Waals surface area contributed by atoms with E-state index in [4.69, 9.17) is 4.74 Å². The fourth-order valence-electron chi connectivity index (χ4n) is 2.22. The standard InChI is InChI=1S/C16H22N4O2/c1-13(19-16(21)12-17-9-11-22-2)14-6-3-4-7-15(14)20-10-5-8-18-20/h3-8,10,13,17H,9,11-12H2,1-2H3,(H,19,21). The summed E-state index contributed by atoms with van der Waals surface area (Å²) in [4.78, 5) is 12.0. The van der Waals surface area contributed by atoms with E-state index in [0.717, 1.165) is 11.3 Å². The molecule has 0 fully saturated rings. The Bertz CT molecular complexity index is 584. The number of hydrogen-bond donors (Lipinski definition) is 2. The molecule has 1 aromatic heterocycles. The van der Waals surface area contributed by atoms with Crippen LogP contribution in [0.3, 0.4) is 0 Å². The Labute approximate surface area is 130 Å². The summed E-state index contributed by atoms with van der Waals surface area (Å²) < 4.78 is 6.73. The Balaban J connectivity index is 1.98. The first-order valence-corrected chi connectivity index (χ1v) is 7.30. The van der Waals surface area contributed by atoms with Gasteiger partial charge in [0.1, 0.15) is 0 Å². The van der Waals surface area contributed by atoms with Gasteiger partial charge in [-0.15, -0.1) is 0 Å². The molecule has 22 heavy (non-hydrogen) atoms. The van der Waals surface area contributed by atoms with E-state index in [-0.39, 0.29) is 18.5 Å². The molecule has 0 aliphatic rings. The van der Waals surface area contributed by atoms with Crippen LogP contribution in [0.25, 0.3) is 5.69 Å². The van der Waals surface area contributed by atoms with E-state index in [1.54, 1.807) is 18.0 Å². The third-order valence-electron chi connectivity index (χ3n) is 3.30. The number of amides is 1. The average Bonchev–Trinajstić information content (AvgIpc) is 3.06. The van der Waals surface area contributed by atoms with E-state index in [2.05, 4.69) is 15.7 Å². The largest absolute Gasteiger partial charge is 0.383 e. The summed E-state index contributed by atoms with van der Waals surface area (Å²) in [6.07, 6.45) is 3.62. The lowest BCUT2D eigenvalue weighted by molar-refractivity contribution is -0.120. The summed E-state index contributed by atoms with van der Waals surface area (Å²) in [5.74, 6) is -0.0427. The molecule has 0 aliphatic carbocycles. The van der Waals surface area contributed by atoms with E-state index in [0.29, 0.717) is 13.2 Å². The van der Waals surface area contributed by atoms with Gasteiger partial charge in [-0.1, -0.05) is 18.2 Å². The van der Waals surface area contributed by atoms with Crippen molar-refractivity contribution in [3.63, 3.8) is 0 Å². The van der Waals surface area contributed by atoms with Crippen LogP contribution in [-0.4, -0.2) is 42.5 Å². The van der Waals surface area contributed by atoms with Crippen LogP contribution in [-0.2, 0) is 9.53 Å². The van der Waals surface area contributed by atoms with E-state index in [1.807, 2.05) is 43.5 Å². The second-order valence-electron chi connectivity index (χ2n) is 4.97. The number of carbonyl (C=O) groups excluding carboxylic acids is 1. The first-order chi connectivity index (χ1) is 10.7. The van der Waals surface area contributed by atoms with Crippen molar-refractivity contribution in [1.82, 2.24) is 20.4 Å². The monoisotopic (exact) mass is 302 g/mol. The van der Waals surface area contributed by atoms with Crippen molar-refractivity contribution in [3.8, 4) is 5.69 Å². The minimum absolute atomic E-state index is 0.0427. The van der Waals surface area contributed by atoms with Gasteiger partial charge in [0.25, 0.3) is 0 Å². The number of hydrogen-bond acceptors (Lipinski definition) is 4. The number of ether oxygens (including phenoxy) is 1. The number of benzene rings is 1. The fourth-order valence-corrected chi connectivity index (χ4v) is 2.22. The van der Waals surface area contributed by atoms with Gasteiger partial charge in [-0.05, 0) is 24.6 Å². The lowest BCUT2D eigenvalue weighted by Gasteiger charge is -2.18.